The summed E-state index contributed by atoms with van der Waals surface area (Å²) in [5.41, 5.74) is 5.69. The lowest BCUT2D eigenvalue weighted by atomic mass is 9.94. The number of hydrogen-bond acceptors (Lipinski definition) is 4. The zero-order valence-electron chi connectivity index (χ0n) is 12.0. The van der Waals surface area contributed by atoms with Gasteiger partial charge in [-0.05, 0) is 38.0 Å². The van der Waals surface area contributed by atoms with Crippen LogP contribution in [0.3, 0.4) is 0 Å². The van der Waals surface area contributed by atoms with Crippen molar-refractivity contribution in [3.8, 4) is 0 Å². The van der Waals surface area contributed by atoms with Crippen LogP contribution in [0, 0.1) is 11.8 Å². The maximum Gasteiger partial charge on any atom is 0.220 e. The van der Waals surface area contributed by atoms with Crippen molar-refractivity contribution in [2.24, 2.45) is 17.6 Å². The van der Waals surface area contributed by atoms with E-state index in [1.165, 1.54) is 0 Å². The van der Waals surface area contributed by atoms with Crippen molar-refractivity contribution in [1.29, 1.82) is 0 Å². The fraction of sp³-hybridized carbons (Fsp3) is 0.923. The standard InChI is InChI=1S/C13H28N2O2S/c1-9(2)5-11(7-14)6-13(17)15-10(3)12(8-16)18-4/h9-12,16H,5-8,14H2,1-4H3,(H,15,17). The molecule has 5 heteroatoms. The van der Waals surface area contributed by atoms with Crippen molar-refractivity contribution >= 4 is 17.7 Å². The van der Waals surface area contributed by atoms with E-state index in [0.717, 1.165) is 6.42 Å². The van der Waals surface area contributed by atoms with Crippen molar-refractivity contribution in [1.82, 2.24) is 5.32 Å². The second kappa shape index (κ2) is 9.64. The number of carbonyl (C=O) groups is 1. The number of nitrogens with one attached hydrogen (secondary N) is 1. The highest BCUT2D eigenvalue weighted by atomic mass is 32.2. The number of aliphatic hydroxyl groups is 1. The van der Waals surface area contributed by atoms with Crippen molar-refractivity contribution < 1.29 is 9.90 Å². The second-order valence-corrected chi connectivity index (χ2v) is 6.33. The molecule has 0 bridgehead atoms. The summed E-state index contributed by atoms with van der Waals surface area (Å²) < 4.78 is 0. The Morgan fingerprint density at radius 1 is 1.39 bits per heavy atom. The van der Waals surface area contributed by atoms with Crippen LogP contribution in [0.15, 0.2) is 0 Å². The number of nitrogens with two attached hydrogens (primary N) is 1. The van der Waals surface area contributed by atoms with E-state index < -0.39 is 0 Å². The Bertz CT molecular complexity index is 227. The summed E-state index contributed by atoms with van der Waals surface area (Å²) in [4.78, 5) is 11.9. The van der Waals surface area contributed by atoms with Gasteiger partial charge in [0.1, 0.15) is 0 Å². The van der Waals surface area contributed by atoms with Crippen molar-refractivity contribution in [2.45, 2.75) is 44.9 Å². The third-order valence-corrected chi connectivity index (χ3v) is 4.20. The molecule has 0 rings (SSSR count). The van der Waals surface area contributed by atoms with Gasteiger partial charge >= 0.3 is 0 Å². The van der Waals surface area contributed by atoms with E-state index in [0.29, 0.717) is 18.9 Å². The summed E-state index contributed by atoms with van der Waals surface area (Å²) in [6, 6.07) is -0.0185. The van der Waals surface area contributed by atoms with Crippen LogP contribution in [0.5, 0.6) is 0 Å². The first-order valence-electron chi connectivity index (χ1n) is 6.57. The molecule has 0 aliphatic carbocycles. The van der Waals surface area contributed by atoms with E-state index in [2.05, 4.69) is 19.2 Å². The van der Waals surface area contributed by atoms with Gasteiger partial charge in [-0.1, -0.05) is 13.8 Å². The molecule has 0 saturated heterocycles. The minimum atomic E-state index is -0.0185. The molecule has 0 fully saturated rings. The van der Waals surface area contributed by atoms with Crippen LogP contribution in [0.25, 0.3) is 0 Å². The maximum absolute atomic E-state index is 11.9. The molecular formula is C13H28N2O2S. The van der Waals surface area contributed by atoms with Crippen molar-refractivity contribution in [3.63, 3.8) is 0 Å². The number of carbonyl (C=O) groups excluding carboxylic acids is 1. The summed E-state index contributed by atoms with van der Waals surface area (Å²) in [5.74, 6) is 0.838. The van der Waals surface area contributed by atoms with E-state index in [9.17, 15) is 4.79 Å². The minimum absolute atomic E-state index is 0.0185. The molecule has 3 atom stereocenters. The maximum atomic E-state index is 11.9. The summed E-state index contributed by atoms with van der Waals surface area (Å²) in [6.07, 6.45) is 3.39. The third-order valence-electron chi connectivity index (χ3n) is 3.04. The fourth-order valence-corrected chi connectivity index (χ4v) is 2.66. The Balaban J connectivity index is 4.15. The number of hydrogen-bond donors (Lipinski definition) is 3. The molecule has 4 nitrogen and oxygen atoms in total. The minimum Gasteiger partial charge on any atom is -0.395 e. The molecule has 0 aromatic carbocycles. The molecule has 0 aliphatic heterocycles. The zero-order valence-corrected chi connectivity index (χ0v) is 12.8. The normalized spacial score (nSPS) is 16.4. The quantitative estimate of drug-likeness (QED) is 0.592. The Morgan fingerprint density at radius 3 is 2.39 bits per heavy atom. The van der Waals surface area contributed by atoms with Crippen LogP contribution in [0.4, 0.5) is 0 Å². The molecule has 1 amide bonds. The predicted octanol–water partition coefficient (Wildman–Crippen LogP) is 1.23. The number of thioether (sulfide) groups is 1. The Labute approximate surface area is 115 Å². The van der Waals surface area contributed by atoms with Gasteiger partial charge in [-0.25, -0.2) is 0 Å². The van der Waals surface area contributed by atoms with Gasteiger partial charge in [0.2, 0.25) is 5.91 Å². The van der Waals surface area contributed by atoms with Gasteiger partial charge in [0.05, 0.1) is 6.61 Å². The van der Waals surface area contributed by atoms with E-state index in [1.807, 2.05) is 13.2 Å². The summed E-state index contributed by atoms with van der Waals surface area (Å²) in [7, 11) is 0. The highest BCUT2D eigenvalue weighted by molar-refractivity contribution is 7.99. The van der Waals surface area contributed by atoms with E-state index in [1.54, 1.807) is 11.8 Å². The lowest BCUT2D eigenvalue weighted by Crippen LogP contribution is -2.42. The van der Waals surface area contributed by atoms with Crippen LogP contribution in [0.1, 0.15) is 33.6 Å². The zero-order chi connectivity index (χ0) is 14.1. The number of aliphatic hydroxyl groups excluding tert-OH is 1. The van der Waals surface area contributed by atoms with Crippen LogP contribution in [-0.2, 0) is 4.79 Å². The van der Waals surface area contributed by atoms with Gasteiger partial charge < -0.3 is 16.2 Å². The van der Waals surface area contributed by atoms with Gasteiger partial charge in [-0.15, -0.1) is 0 Å². The van der Waals surface area contributed by atoms with Gasteiger partial charge in [-0.3, -0.25) is 4.79 Å². The topological polar surface area (TPSA) is 75.3 Å². The van der Waals surface area contributed by atoms with Gasteiger partial charge in [0.15, 0.2) is 0 Å². The third kappa shape index (κ3) is 7.24. The molecule has 0 spiro atoms. The molecule has 0 aliphatic rings. The average molecular weight is 276 g/mol. The van der Waals surface area contributed by atoms with Crippen LogP contribution in [0.2, 0.25) is 0 Å². The highest BCUT2D eigenvalue weighted by Gasteiger charge is 2.19. The van der Waals surface area contributed by atoms with E-state index in [-0.39, 0.29) is 29.7 Å². The van der Waals surface area contributed by atoms with E-state index >= 15 is 0 Å². The monoisotopic (exact) mass is 276 g/mol. The van der Waals surface area contributed by atoms with Gasteiger partial charge in [-0.2, -0.15) is 11.8 Å². The Kier molecular flexibility index (Phi) is 9.50. The fourth-order valence-electron chi connectivity index (χ4n) is 2.03. The van der Waals surface area contributed by atoms with Crippen molar-refractivity contribution in [3.05, 3.63) is 0 Å². The molecular weight excluding hydrogens is 248 g/mol. The summed E-state index contributed by atoms with van der Waals surface area (Å²) in [5, 5.41) is 12.2. The molecule has 0 heterocycles. The molecule has 0 saturated carbocycles. The molecule has 3 unspecified atom stereocenters. The number of rotatable bonds is 9. The van der Waals surface area contributed by atoms with E-state index in [4.69, 9.17) is 10.8 Å². The smallest absolute Gasteiger partial charge is 0.220 e. The Hall–Kier alpha value is -0.260. The van der Waals surface area contributed by atoms with Crippen LogP contribution >= 0.6 is 11.8 Å². The van der Waals surface area contributed by atoms with Crippen molar-refractivity contribution in [2.75, 3.05) is 19.4 Å². The highest BCUT2D eigenvalue weighted by Crippen LogP contribution is 2.15. The average Bonchev–Trinajstić information content (AvgIpc) is 2.28. The predicted molar refractivity (Wildman–Crippen MR) is 78.6 cm³/mol. The first kappa shape index (κ1) is 17.7. The first-order valence-corrected chi connectivity index (χ1v) is 7.86. The molecule has 0 aromatic rings. The molecule has 0 aromatic heterocycles. The lowest BCUT2D eigenvalue weighted by molar-refractivity contribution is -0.122. The summed E-state index contributed by atoms with van der Waals surface area (Å²) in [6.45, 7) is 6.83. The second-order valence-electron chi connectivity index (χ2n) is 5.25. The molecule has 108 valence electrons. The van der Waals surface area contributed by atoms with Gasteiger partial charge in [0, 0.05) is 17.7 Å². The number of amides is 1. The SMILES string of the molecule is CSC(CO)C(C)NC(=O)CC(CN)CC(C)C. The largest absolute Gasteiger partial charge is 0.395 e. The molecule has 18 heavy (non-hydrogen) atoms. The molecule has 0 radical (unpaired) electrons. The van der Waals surface area contributed by atoms with Gasteiger partial charge in [0.25, 0.3) is 0 Å². The Morgan fingerprint density at radius 2 is 2.00 bits per heavy atom. The summed E-state index contributed by atoms with van der Waals surface area (Å²) >= 11 is 1.57. The first-order chi connectivity index (χ1) is 8.44. The van der Waals surface area contributed by atoms with Crippen LogP contribution < -0.4 is 11.1 Å². The van der Waals surface area contributed by atoms with Crippen LogP contribution in [-0.4, -0.2) is 41.7 Å². The lowest BCUT2D eigenvalue weighted by Gasteiger charge is -2.23. The molecule has 4 N–H and O–H groups in total.